The quantitative estimate of drug-likeness (QED) is 0.179. The van der Waals surface area contributed by atoms with Gasteiger partial charge in [-0.1, -0.05) is 133 Å². The highest BCUT2D eigenvalue weighted by atomic mass is 32.2. The second-order valence-electron chi connectivity index (χ2n) is 12.8. The molecule has 7 aromatic rings. The van der Waals surface area contributed by atoms with Crippen molar-refractivity contribution in [3.05, 3.63) is 173 Å². The van der Waals surface area contributed by atoms with Crippen LogP contribution in [0.2, 0.25) is 0 Å². The van der Waals surface area contributed by atoms with Gasteiger partial charge in [-0.2, -0.15) is 0 Å². The summed E-state index contributed by atoms with van der Waals surface area (Å²) < 4.78 is 6.19. The average molecular weight is 635 g/mol. The lowest BCUT2D eigenvalue weighted by Crippen LogP contribution is -1.95. The van der Waals surface area contributed by atoms with Crippen LogP contribution in [0.15, 0.2) is 166 Å². The van der Waals surface area contributed by atoms with E-state index in [0.717, 1.165) is 30.4 Å². The van der Waals surface area contributed by atoms with Crippen LogP contribution in [0, 0.1) is 0 Å². The van der Waals surface area contributed by atoms with Gasteiger partial charge in [0.1, 0.15) is 11.2 Å². The lowest BCUT2D eigenvalue weighted by atomic mass is 9.85. The lowest BCUT2D eigenvalue weighted by Gasteiger charge is -2.19. The summed E-state index contributed by atoms with van der Waals surface area (Å²) in [7, 11) is 0. The van der Waals surface area contributed by atoms with Crippen LogP contribution in [0.3, 0.4) is 0 Å². The highest BCUT2D eigenvalue weighted by Gasteiger charge is 2.20. The van der Waals surface area contributed by atoms with Crippen molar-refractivity contribution >= 4 is 77.2 Å². The maximum atomic E-state index is 6.19. The Morgan fingerprint density at radius 1 is 0.667 bits per heavy atom. The fourth-order valence-electron chi connectivity index (χ4n) is 7.46. The lowest BCUT2D eigenvalue weighted by molar-refractivity contribution is 0.669. The van der Waals surface area contributed by atoms with Gasteiger partial charge >= 0.3 is 0 Å². The second-order valence-corrected chi connectivity index (χ2v) is 13.9. The minimum Gasteiger partial charge on any atom is -0.456 e. The van der Waals surface area contributed by atoms with E-state index >= 15 is 0 Å². The van der Waals surface area contributed by atoms with Crippen molar-refractivity contribution in [1.29, 1.82) is 0 Å². The van der Waals surface area contributed by atoms with Crippen LogP contribution < -0.4 is 0 Å². The van der Waals surface area contributed by atoms with Crippen molar-refractivity contribution in [2.24, 2.45) is 0 Å². The van der Waals surface area contributed by atoms with Gasteiger partial charge in [-0.25, -0.2) is 0 Å². The Bertz CT molecular complexity index is 2560. The van der Waals surface area contributed by atoms with Crippen molar-refractivity contribution in [3.8, 4) is 0 Å². The van der Waals surface area contributed by atoms with Crippen LogP contribution >= 0.6 is 11.8 Å². The predicted molar refractivity (Wildman–Crippen MR) is 209 cm³/mol. The molecule has 0 fully saturated rings. The van der Waals surface area contributed by atoms with Gasteiger partial charge < -0.3 is 4.42 Å². The third-order valence-corrected chi connectivity index (χ3v) is 10.9. The van der Waals surface area contributed by atoms with Gasteiger partial charge in [0.15, 0.2) is 0 Å². The fraction of sp³-hybridized carbons (Fsp3) is 0.0870. The van der Waals surface area contributed by atoms with Crippen LogP contribution in [0.5, 0.6) is 0 Å². The van der Waals surface area contributed by atoms with Gasteiger partial charge in [-0.3, -0.25) is 0 Å². The van der Waals surface area contributed by atoms with Gasteiger partial charge in [-0.15, -0.1) is 0 Å². The molecule has 0 saturated carbocycles. The molecule has 2 aliphatic rings. The number of para-hydroxylation sites is 1. The summed E-state index contributed by atoms with van der Waals surface area (Å²) in [5, 5.41) is 10.1. The topological polar surface area (TPSA) is 13.1 Å². The predicted octanol–water partition coefficient (Wildman–Crippen LogP) is 13.5. The van der Waals surface area contributed by atoms with E-state index in [1.165, 1.54) is 80.7 Å². The van der Waals surface area contributed by atoms with E-state index in [-0.39, 0.29) is 0 Å². The maximum Gasteiger partial charge on any atom is 0.136 e. The third kappa shape index (κ3) is 5.05. The summed E-state index contributed by atoms with van der Waals surface area (Å²) in [4.78, 5) is 2.71. The molecule has 9 rings (SSSR count). The summed E-state index contributed by atoms with van der Waals surface area (Å²) >= 11 is 1.89. The Kier molecular flexibility index (Phi) is 7.25. The molecule has 1 nitrogen and oxygen atoms in total. The molecule has 1 aliphatic heterocycles. The summed E-state index contributed by atoms with van der Waals surface area (Å²) in [6, 6.07) is 35.4. The number of allylic oxidation sites excluding steroid dienone is 12. The van der Waals surface area contributed by atoms with Crippen LogP contribution in [-0.2, 0) is 6.42 Å². The van der Waals surface area contributed by atoms with Gasteiger partial charge in [0, 0.05) is 22.1 Å². The molecule has 6 aromatic carbocycles. The Morgan fingerprint density at radius 2 is 1.35 bits per heavy atom. The van der Waals surface area contributed by atoms with Crippen LogP contribution in [0.25, 0.3) is 65.4 Å². The molecule has 0 spiro atoms. The van der Waals surface area contributed by atoms with Crippen molar-refractivity contribution in [2.45, 2.75) is 31.1 Å². The summed E-state index contributed by atoms with van der Waals surface area (Å²) in [5.41, 5.74) is 8.57. The first kappa shape index (κ1) is 28.9. The molecule has 1 aromatic heterocycles. The second kappa shape index (κ2) is 12.0. The van der Waals surface area contributed by atoms with Crippen LogP contribution in [-0.4, -0.2) is 0 Å². The average Bonchev–Trinajstić information content (AvgIpc) is 3.69. The summed E-state index contributed by atoms with van der Waals surface area (Å²) in [5.74, 6) is 0. The number of hydrogen-bond acceptors (Lipinski definition) is 2. The number of fused-ring (bicyclic) bond motifs is 7. The number of hydrogen-bond donors (Lipinski definition) is 0. The van der Waals surface area contributed by atoms with E-state index in [1.54, 1.807) is 0 Å². The molecular formula is C46H34OS. The van der Waals surface area contributed by atoms with E-state index in [4.69, 9.17) is 4.42 Å². The Morgan fingerprint density at radius 3 is 2.17 bits per heavy atom. The smallest absolute Gasteiger partial charge is 0.136 e. The van der Waals surface area contributed by atoms with Gasteiger partial charge in [-0.05, 0) is 115 Å². The zero-order valence-corrected chi connectivity index (χ0v) is 27.7. The molecule has 0 unspecified atom stereocenters. The first-order chi connectivity index (χ1) is 23.7. The van der Waals surface area contributed by atoms with Gasteiger partial charge in [0.2, 0.25) is 0 Å². The third-order valence-electron chi connectivity index (χ3n) is 9.71. The standard InChI is InChI=1S/C46H34OS/c1-30(23-24-35-26-34-25-32-27-41-36-17-13-14-22-42(36)47-43(41)28-33(32)29-44(34)48-35)45-37-18-9-11-20-39(37)46(40-21-12-10-19-38(40)45)31-15-7-5-3-2-4-6-8-16-31/h2-3,5-14,16-25,27-29H,4,15,26H2,1H3/b3-2-,7-5-,8-6-,30-23+,31-16+,35-24+. The first-order valence-electron chi connectivity index (χ1n) is 16.8. The Hall–Kier alpha value is -5.31. The monoisotopic (exact) mass is 634 g/mol. The van der Waals surface area contributed by atoms with Crippen LogP contribution in [0.4, 0.5) is 0 Å². The SMILES string of the molecule is C/C(=C\C=C1/Cc2cc3cc4c(cc3cc2S1)oc1ccccc14)c1c2ccccc2c(/C2=C/C=C\C/C=C\C=C/C2)c2ccccc12. The number of rotatable bonds is 3. The molecule has 0 atom stereocenters. The number of furan rings is 1. The highest BCUT2D eigenvalue weighted by molar-refractivity contribution is 8.03. The van der Waals surface area contributed by atoms with Crippen LogP contribution in [0.1, 0.15) is 36.5 Å². The molecule has 2 heterocycles. The molecule has 1 aliphatic carbocycles. The zero-order valence-electron chi connectivity index (χ0n) is 26.9. The summed E-state index contributed by atoms with van der Waals surface area (Å²) in [6.07, 6.45) is 23.0. The van der Waals surface area contributed by atoms with Crippen molar-refractivity contribution in [2.75, 3.05) is 0 Å². The number of thioether (sulfide) groups is 1. The normalized spacial score (nSPS) is 19.2. The van der Waals surface area contributed by atoms with E-state index in [2.05, 4.69) is 147 Å². The first-order valence-corrected chi connectivity index (χ1v) is 17.6. The van der Waals surface area contributed by atoms with Crippen molar-refractivity contribution in [1.82, 2.24) is 0 Å². The van der Waals surface area contributed by atoms with Gasteiger partial charge in [0.05, 0.1) is 0 Å². The summed E-state index contributed by atoms with van der Waals surface area (Å²) in [6.45, 7) is 2.27. The zero-order chi connectivity index (χ0) is 32.0. The van der Waals surface area contributed by atoms with Crippen molar-refractivity contribution < 1.29 is 4.42 Å². The molecule has 0 saturated heterocycles. The highest BCUT2D eigenvalue weighted by Crippen LogP contribution is 2.44. The molecule has 0 amide bonds. The Balaban J connectivity index is 1.11. The largest absolute Gasteiger partial charge is 0.456 e. The minimum atomic E-state index is 0.888. The van der Waals surface area contributed by atoms with E-state index in [0.29, 0.717) is 0 Å². The molecule has 230 valence electrons. The molecule has 2 heteroatoms. The van der Waals surface area contributed by atoms with E-state index in [9.17, 15) is 0 Å². The van der Waals surface area contributed by atoms with Crippen molar-refractivity contribution in [3.63, 3.8) is 0 Å². The number of benzene rings is 6. The maximum absolute atomic E-state index is 6.19. The molecule has 0 radical (unpaired) electrons. The minimum absolute atomic E-state index is 0.888. The molecule has 0 N–H and O–H groups in total. The fourth-order valence-corrected chi connectivity index (χ4v) is 8.56. The van der Waals surface area contributed by atoms with E-state index in [1.807, 2.05) is 23.9 Å². The van der Waals surface area contributed by atoms with Gasteiger partial charge in [0.25, 0.3) is 0 Å². The van der Waals surface area contributed by atoms with E-state index < -0.39 is 0 Å². The molecular weight excluding hydrogens is 601 g/mol. The molecule has 48 heavy (non-hydrogen) atoms. The Labute approximate surface area is 285 Å². The molecule has 0 bridgehead atoms.